The monoisotopic (exact) mass is 363 g/mol. The first-order valence-electron chi connectivity index (χ1n) is 6.49. The molecule has 3 N–H and O–H groups in total. The predicted molar refractivity (Wildman–Crippen MR) is 86.3 cm³/mol. The minimum atomic E-state index is -4.71. The summed E-state index contributed by atoms with van der Waals surface area (Å²) in [7, 11) is 0. The van der Waals surface area contributed by atoms with Crippen LogP contribution in [-0.4, -0.2) is 18.9 Å². The Bertz CT molecular complexity index is 671. The Morgan fingerprint density at radius 2 is 1.91 bits per heavy atom. The van der Waals surface area contributed by atoms with Crippen molar-refractivity contribution in [2.75, 3.05) is 11.9 Å². The molecule has 0 aliphatic carbocycles. The summed E-state index contributed by atoms with van der Waals surface area (Å²) >= 11 is 7.31. The number of aliphatic imine (C=N–C) groups is 1. The van der Waals surface area contributed by atoms with Gasteiger partial charge in [0.25, 0.3) is 0 Å². The molecule has 0 atom stereocenters. The van der Waals surface area contributed by atoms with Crippen molar-refractivity contribution >= 4 is 34.6 Å². The van der Waals surface area contributed by atoms with Crippen LogP contribution in [0.15, 0.2) is 41.4 Å². The lowest BCUT2D eigenvalue weighted by Gasteiger charge is -2.10. The molecule has 2 aromatic rings. The first kappa shape index (κ1) is 17.4. The number of nitrogens with zero attached hydrogens (tertiary/aromatic N) is 1. The van der Waals surface area contributed by atoms with Gasteiger partial charge in [0, 0.05) is 23.5 Å². The molecule has 0 bridgehead atoms. The lowest BCUT2D eigenvalue weighted by atomic mass is 10.3. The summed E-state index contributed by atoms with van der Waals surface area (Å²) in [6.45, 7) is 0.477. The fraction of sp³-hybridized carbons (Fsp3) is 0.214. The lowest BCUT2D eigenvalue weighted by Crippen LogP contribution is -2.23. The number of nitrogens with one attached hydrogen (secondary N) is 1. The van der Waals surface area contributed by atoms with Gasteiger partial charge in [-0.25, -0.2) is 0 Å². The number of rotatable bonds is 5. The Balaban J connectivity index is 1.84. The van der Waals surface area contributed by atoms with Crippen molar-refractivity contribution in [3.63, 3.8) is 0 Å². The zero-order chi connectivity index (χ0) is 16.9. The Labute approximate surface area is 139 Å². The number of benzene rings is 1. The molecule has 2 rings (SSSR count). The van der Waals surface area contributed by atoms with Crippen LogP contribution in [0.3, 0.4) is 0 Å². The topological polar surface area (TPSA) is 59.6 Å². The molecule has 0 unspecified atom stereocenters. The van der Waals surface area contributed by atoms with E-state index >= 15 is 0 Å². The zero-order valence-corrected chi connectivity index (χ0v) is 13.3. The Morgan fingerprint density at radius 3 is 2.48 bits per heavy atom. The van der Waals surface area contributed by atoms with E-state index in [1.165, 1.54) is 35.6 Å². The largest absolute Gasteiger partial charge is 0.573 e. The quantitative estimate of drug-likeness (QED) is 0.616. The number of alkyl halides is 3. The summed E-state index contributed by atoms with van der Waals surface area (Å²) in [6.07, 6.45) is -4.00. The highest BCUT2D eigenvalue weighted by molar-refractivity contribution is 7.16. The molecular weight excluding hydrogens is 351 g/mol. The van der Waals surface area contributed by atoms with Gasteiger partial charge in [-0.2, -0.15) is 0 Å². The minimum absolute atomic E-state index is 0.178. The van der Waals surface area contributed by atoms with Gasteiger partial charge in [0.1, 0.15) is 5.75 Å². The number of anilines is 1. The van der Waals surface area contributed by atoms with Crippen molar-refractivity contribution in [2.45, 2.75) is 12.8 Å². The van der Waals surface area contributed by atoms with Gasteiger partial charge in [0.05, 0.1) is 4.34 Å². The first-order chi connectivity index (χ1) is 10.8. The molecule has 0 saturated heterocycles. The number of thiophene rings is 1. The molecule has 9 heteroatoms. The van der Waals surface area contributed by atoms with Gasteiger partial charge in [-0.3, -0.25) is 4.99 Å². The zero-order valence-electron chi connectivity index (χ0n) is 11.7. The maximum atomic E-state index is 12.0. The van der Waals surface area contributed by atoms with Gasteiger partial charge in [-0.15, -0.1) is 24.5 Å². The average molecular weight is 364 g/mol. The molecule has 0 saturated carbocycles. The number of halogens is 4. The smallest absolute Gasteiger partial charge is 0.406 e. The second-order valence-corrected chi connectivity index (χ2v) is 6.22. The standard InChI is InChI=1S/C14H13ClF3N3OS/c15-12-6-5-11(23-12)7-8-20-13(19)21-9-1-3-10(4-2-9)22-14(16,17)18/h1-6H,7-8H2,(H3,19,20,21). The van der Waals surface area contributed by atoms with Gasteiger partial charge in [-0.1, -0.05) is 11.6 Å². The van der Waals surface area contributed by atoms with Crippen LogP contribution in [0.2, 0.25) is 4.34 Å². The molecule has 0 aliphatic heterocycles. The summed E-state index contributed by atoms with van der Waals surface area (Å²) in [5.41, 5.74) is 6.23. The fourth-order valence-corrected chi connectivity index (χ4v) is 2.78. The molecule has 124 valence electrons. The third-order valence-electron chi connectivity index (χ3n) is 2.63. The fourth-order valence-electron chi connectivity index (χ4n) is 1.70. The summed E-state index contributed by atoms with van der Waals surface area (Å²) < 4.78 is 40.6. The number of hydrogen-bond acceptors (Lipinski definition) is 3. The third-order valence-corrected chi connectivity index (χ3v) is 3.92. The maximum absolute atomic E-state index is 12.0. The third kappa shape index (κ3) is 6.37. The van der Waals surface area contributed by atoms with Crippen molar-refractivity contribution in [1.82, 2.24) is 0 Å². The van der Waals surface area contributed by atoms with Crippen LogP contribution in [0, 0.1) is 0 Å². The van der Waals surface area contributed by atoms with E-state index in [1.807, 2.05) is 12.1 Å². The van der Waals surface area contributed by atoms with Crippen LogP contribution in [-0.2, 0) is 6.42 Å². The second-order valence-electron chi connectivity index (χ2n) is 4.42. The van der Waals surface area contributed by atoms with Gasteiger partial charge >= 0.3 is 6.36 Å². The van der Waals surface area contributed by atoms with Crippen molar-refractivity contribution in [1.29, 1.82) is 0 Å². The highest BCUT2D eigenvalue weighted by Gasteiger charge is 2.30. The van der Waals surface area contributed by atoms with Gasteiger partial charge in [-0.05, 0) is 36.4 Å². The van der Waals surface area contributed by atoms with E-state index in [4.69, 9.17) is 17.3 Å². The lowest BCUT2D eigenvalue weighted by molar-refractivity contribution is -0.274. The molecule has 0 radical (unpaired) electrons. The van der Waals surface area contributed by atoms with Crippen LogP contribution >= 0.6 is 22.9 Å². The normalized spacial score (nSPS) is 12.3. The molecule has 0 aliphatic rings. The molecular formula is C14H13ClF3N3OS. The summed E-state index contributed by atoms with van der Waals surface area (Å²) in [5.74, 6) is -0.120. The highest BCUT2D eigenvalue weighted by atomic mass is 35.5. The number of nitrogens with two attached hydrogens (primary N) is 1. The van der Waals surface area contributed by atoms with E-state index in [9.17, 15) is 13.2 Å². The van der Waals surface area contributed by atoms with Crippen molar-refractivity contribution in [3.05, 3.63) is 45.6 Å². The predicted octanol–water partition coefficient (Wildman–Crippen LogP) is 4.27. The van der Waals surface area contributed by atoms with Crippen molar-refractivity contribution < 1.29 is 17.9 Å². The Hall–Kier alpha value is -1.93. The highest BCUT2D eigenvalue weighted by Crippen LogP contribution is 2.24. The SMILES string of the molecule is NC(=NCCc1ccc(Cl)s1)Nc1ccc(OC(F)(F)F)cc1. The van der Waals surface area contributed by atoms with Crippen LogP contribution in [0.25, 0.3) is 0 Å². The van der Waals surface area contributed by atoms with Crippen LogP contribution in [0.4, 0.5) is 18.9 Å². The Kier molecular flexibility index (Phi) is 5.73. The van der Waals surface area contributed by atoms with E-state index in [1.54, 1.807) is 0 Å². The summed E-state index contributed by atoms with van der Waals surface area (Å²) in [5, 5.41) is 2.79. The minimum Gasteiger partial charge on any atom is -0.406 e. The van der Waals surface area contributed by atoms with Crippen LogP contribution in [0.1, 0.15) is 4.88 Å². The van der Waals surface area contributed by atoms with E-state index in [-0.39, 0.29) is 11.7 Å². The molecule has 4 nitrogen and oxygen atoms in total. The maximum Gasteiger partial charge on any atom is 0.573 e. The van der Waals surface area contributed by atoms with Crippen molar-refractivity contribution in [3.8, 4) is 5.75 Å². The van der Waals surface area contributed by atoms with Crippen LogP contribution in [0.5, 0.6) is 5.75 Å². The van der Waals surface area contributed by atoms with Crippen LogP contribution < -0.4 is 15.8 Å². The molecule has 0 spiro atoms. The molecule has 1 heterocycles. The first-order valence-corrected chi connectivity index (χ1v) is 7.68. The summed E-state index contributed by atoms with van der Waals surface area (Å²) in [6, 6.07) is 8.96. The molecule has 23 heavy (non-hydrogen) atoms. The number of ether oxygens (including phenoxy) is 1. The van der Waals surface area contributed by atoms with E-state index < -0.39 is 6.36 Å². The number of hydrogen-bond donors (Lipinski definition) is 2. The van der Waals surface area contributed by atoms with Gasteiger partial charge in [0.15, 0.2) is 5.96 Å². The molecule has 1 aromatic heterocycles. The molecule has 0 amide bonds. The second kappa shape index (κ2) is 7.56. The average Bonchev–Trinajstić information content (AvgIpc) is 2.85. The Morgan fingerprint density at radius 1 is 1.22 bits per heavy atom. The van der Waals surface area contributed by atoms with E-state index in [2.05, 4.69) is 15.0 Å². The van der Waals surface area contributed by atoms with Gasteiger partial charge in [0.2, 0.25) is 0 Å². The number of guanidine groups is 1. The van der Waals surface area contributed by atoms with Crippen molar-refractivity contribution in [2.24, 2.45) is 10.7 Å². The van der Waals surface area contributed by atoms with E-state index in [0.29, 0.717) is 18.7 Å². The van der Waals surface area contributed by atoms with Gasteiger partial charge < -0.3 is 15.8 Å². The summed E-state index contributed by atoms with van der Waals surface area (Å²) in [4.78, 5) is 5.24. The molecule has 0 fully saturated rings. The van der Waals surface area contributed by atoms with E-state index in [0.717, 1.165) is 9.21 Å². The molecule has 1 aromatic carbocycles.